The van der Waals surface area contributed by atoms with Crippen LogP contribution in [0.15, 0.2) is 28.3 Å². The molecule has 1 aromatic heterocycles. The van der Waals surface area contributed by atoms with E-state index in [0.29, 0.717) is 10.7 Å². The third-order valence-corrected chi connectivity index (χ3v) is 4.34. The van der Waals surface area contributed by atoms with Gasteiger partial charge in [-0.25, -0.2) is 9.97 Å². The number of rotatable bonds is 3. The van der Waals surface area contributed by atoms with Crippen LogP contribution in [0.5, 0.6) is 0 Å². The van der Waals surface area contributed by atoms with Crippen molar-refractivity contribution >= 4 is 11.8 Å². The highest BCUT2D eigenvalue weighted by atomic mass is 32.2. The third-order valence-electron chi connectivity index (χ3n) is 3.41. The Hall–Kier alpha value is -1.90. The molecular weight excluding hydrogens is 282 g/mol. The second-order valence-corrected chi connectivity index (χ2v) is 5.95. The van der Waals surface area contributed by atoms with Crippen molar-refractivity contribution in [2.45, 2.75) is 43.9 Å². The van der Waals surface area contributed by atoms with E-state index in [4.69, 9.17) is 5.26 Å². The summed E-state index contributed by atoms with van der Waals surface area (Å²) in [6.07, 6.45) is -0.604. The summed E-state index contributed by atoms with van der Waals surface area (Å²) in [5, 5.41) is 19.5. The van der Waals surface area contributed by atoms with Crippen LogP contribution in [-0.4, -0.2) is 15.1 Å². The summed E-state index contributed by atoms with van der Waals surface area (Å²) in [6, 6.07) is 7.36. The van der Waals surface area contributed by atoms with Gasteiger partial charge in [-0.15, -0.1) is 0 Å². The lowest BCUT2D eigenvalue weighted by Gasteiger charge is -2.12. The molecule has 0 unspecified atom stereocenters. The number of nitriles is 1. The zero-order valence-electron chi connectivity index (χ0n) is 12.5. The predicted octanol–water partition coefficient (Wildman–Crippen LogP) is 3.48. The van der Waals surface area contributed by atoms with Crippen molar-refractivity contribution in [1.29, 1.82) is 5.26 Å². The van der Waals surface area contributed by atoms with Gasteiger partial charge >= 0.3 is 0 Å². The third kappa shape index (κ3) is 3.41. The van der Waals surface area contributed by atoms with E-state index in [0.717, 1.165) is 27.4 Å². The van der Waals surface area contributed by atoms with Crippen LogP contribution in [0, 0.1) is 32.1 Å². The normalized spacial score (nSPS) is 12.0. The largest absolute Gasteiger partial charge is 0.389 e. The molecule has 4 nitrogen and oxygen atoms in total. The van der Waals surface area contributed by atoms with Crippen LogP contribution in [0.3, 0.4) is 0 Å². The van der Waals surface area contributed by atoms with E-state index in [-0.39, 0.29) is 0 Å². The Kier molecular flexibility index (Phi) is 4.61. The molecule has 1 atom stereocenters. The first-order valence-electron chi connectivity index (χ1n) is 6.64. The van der Waals surface area contributed by atoms with Crippen LogP contribution in [-0.2, 0) is 0 Å². The fourth-order valence-electron chi connectivity index (χ4n) is 1.92. The molecule has 0 bridgehead atoms. The Balaban J connectivity index is 2.45. The van der Waals surface area contributed by atoms with Crippen molar-refractivity contribution in [3.8, 4) is 6.07 Å². The lowest BCUT2D eigenvalue weighted by Crippen LogP contribution is -2.00. The first-order valence-corrected chi connectivity index (χ1v) is 7.46. The number of aryl methyl sites for hydroxylation is 2. The lowest BCUT2D eigenvalue weighted by atomic mass is 10.1. The summed E-state index contributed by atoms with van der Waals surface area (Å²) >= 11 is 1.38. The molecule has 108 valence electrons. The molecule has 0 aliphatic rings. The predicted molar refractivity (Wildman–Crippen MR) is 82.2 cm³/mol. The summed E-state index contributed by atoms with van der Waals surface area (Å²) in [5.41, 5.74) is 4.31. The molecule has 1 heterocycles. The molecule has 0 fully saturated rings. The molecule has 2 rings (SSSR count). The molecule has 1 N–H and O–H groups in total. The van der Waals surface area contributed by atoms with Gasteiger partial charge in [0.1, 0.15) is 0 Å². The highest BCUT2D eigenvalue weighted by Crippen LogP contribution is 2.32. The summed E-state index contributed by atoms with van der Waals surface area (Å²) < 4.78 is 0. The quantitative estimate of drug-likeness (QED) is 0.879. The van der Waals surface area contributed by atoms with Crippen LogP contribution >= 0.6 is 11.8 Å². The van der Waals surface area contributed by atoms with Gasteiger partial charge in [0.15, 0.2) is 5.16 Å². The number of nitrogens with zero attached hydrogens (tertiary/aromatic N) is 3. The van der Waals surface area contributed by atoms with Crippen LogP contribution in [0.4, 0.5) is 0 Å². The minimum absolute atomic E-state index is 0.558. The van der Waals surface area contributed by atoms with E-state index in [1.54, 1.807) is 25.1 Å². The highest BCUT2D eigenvalue weighted by Gasteiger charge is 2.13. The van der Waals surface area contributed by atoms with Crippen molar-refractivity contribution < 1.29 is 5.11 Å². The maximum absolute atomic E-state index is 9.86. The molecule has 5 heteroatoms. The molecule has 21 heavy (non-hydrogen) atoms. The lowest BCUT2D eigenvalue weighted by molar-refractivity contribution is 0.196. The van der Waals surface area contributed by atoms with Crippen molar-refractivity contribution in [3.05, 3.63) is 46.3 Å². The summed E-state index contributed by atoms with van der Waals surface area (Å²) in [5.74, 6) is 0. The molecule has 0 spiro atoms. The average Bonchev–Trinajstić information content (AvgIpc) is 2.44. The first-order chi connectivity index (χ1) is 9.92. The van der Waals surface area contributed by atoms with Gasteiger partial charge in [-0.3, -0.25) is 0 Å². The summed E-state index contributed by atoms with van der Waals surface area (Å²) in [7, 11) is 0. The van der Waals surface area contributed by atoms with Gasteiger partial charge in [0.05, 0.1) is 17.7 Å². The van der Waals surface area contributed by atoms with E-state index < -0.39 is 6.10 Å². The first kappa shape index (κ1) is 15.5. The molecular formula is C16H17N3OS. The zero-order chi connectivity index (χ0) is 15.6. The van der Waals surface area contributed by atoms with E-state index in [9.17, 15) is 5.11 Å². The number of benzene rings is 1. The maximum Gasteiger partial charge on any atom is 0.192 e. The minimum Gasteiger partial charge on any atom is -0.389 e. The highest BCUT2D eigenvalue weighted by molar-refractivity contribution is 7.99. The Morgan fingerprint density at radius 1 is 1.19 bits per heavy atom. The fourth-order valence-corrected chi connectivity index (χ4v) is 3.03. The Labute approximate surface area is 128 Å². The molecule has 0 saturated carbocycles. The van der Waals surface area contributed by atoms with Gasteiger partial charge in [0.2, 0.25) is 0 Å². The van der Waals surface area contributed by atoms with Gasteiger partial charge in [-0.2, -0.15) is 5.26 Å². The molecule has 0 saturated heterocycles. The average molecular weight is 299 g/mol. The van der Waals surface area contributed by atoms with Crippen LogP contribution < -0.4 is 0 Å². The van der Waals surface area contributed by atoms with Crippen LogP contribution in [0.25, 0.3) is 0 Å². The maximum atomic E-state index is 9.86. The van der Waals surface area contributed by atoms with Gasteiger partial charge in [0, 0.05) is 16.3 Å². The molecule has 0 radical (unpaired) electrons. The number of hydrogen-bond donors (Lipinski definition) is 1. The summed E-state index contributed by atoms with van der Waals surface area (Å²) in [6.45, 7) is 7.61. The zero-order valence-corrected chi connectivity index (χ0v) is 13.3. The molecule has 0 aliphatic heterocycles. The van der Waals surface area contributed by atoms with Crippen molar-refractivity contribution in [1.82, 2.24) is 9.97 Å². The van der Waals surface area contributed by atoms with Gasteiger partial charge < -0.3 is 5.11 Å². The van der Waals surface area contributed by atoms with Crippen LogP contribution in [0.2, 0.25) is 0 Å². The van der Waals surface area contributed by atoms with Crippen molar-refractivity contribution in [2.24, 2.45) is 0 Å². The molecule has 2 aromatic rings. The van der Waals surface area contributed by atoms with Crippen molar-refractivity contribution in [3.63, 3.8) is 0 Å². The Bertz CT molecular complexity index is 697. The number of hydrogen-bond acceptors (Lipinski definition) is 5. The number of aromatic nitrogens is 2. The standard InChI is InChI=1S/C16H17N3OS/c1-9-10(2)18-16(19-11(9)3)21-15-7-13(8-17)5-6-14(15)12(4)20/h5-7,12,20H,1-4H3/t12-/m1/s1. The van der Waals surface area contributed by atoms with E-state index in [2.05, 4.69) is 16.0 Å². The number of aliphatic hydroxyl groups excluding tert-OH is 1. The fraction of sp³-hybridized carbons (Fsp3) is 0.312. The van der Waals surface area contributed by atoms with Gasteiger partial charge in [-0.1, -0.05) is 6.07 Å². The summed E-state index contributed by atoms with van der Waals surface area (Å²) in [4.78, 5) is 9.76. The SMILES string of the molecule is Cc1nc(Sc2cc(C#N)ccc2[C@@H](C)O)nc(C)c1C. The minimum atomic E-state index is -0.604. The topological polar surface area (TPSA) is 69.8 Å². The van der Waals surface area contributed by atoms with Crippen LogP contribution in [0.1, 0.15) is 41.1 Å². The molecule has 0 aliphatic carbocycles. The van der Waals surface area contributed by atoms with E-state index in [1.807, 2.05) is 20.8 Å². The number of aliphatic hydroxyl groups is 1. The second-order valence-electron chi connectivity index (χ2n) is 4.94. The molecule has 1 aromatic carbocycles. The van der Waals surface area contributed by atoms with Gasteiger partial charge in [0.25, 0.3) is 0 Å². The second kappa shape index (κ2) is 6.25. The van der Waals surface area contributed by atoms with E-state index in [1.165, 1.54) is 11.8 Å². The smallest absolute Gasteiger partial charge is 0.192 e. The monoisotopic (exact) mass is 299 g/mol. The Morgan fingerprint density at radius 3 is 2.33 bits per heavy atom. The van der Waals surface area contributed by atoms with Gasteiger partial charge in [-0.05, 0) is 62.7 Å². The molecule has 0 amide bonds. The van der Waals surface area contributed by atoms with Crippen molar-refractivity contribution in [2.75, 3.05) is 0 Å². The Morgan fingerprint density at radius 2 is 1.81 bits per heavy atom. The van der Waals surface area contributed by atoms with E-state index >= 15 is 0 Å².